The molecule has 0 aliphatic carbocycles. The first kappa shape index (κ1) is 18.5. The van der Waals surface area contributed by atoms with Gasteiger partial charge in [-0.2, -0.15) is 0 Å². The Kier molecular flexibility index (Phi) is 5.61. The number of nitrogens with one attached hydrogen (secondary N) is 1. The van der Waals surface area contributed by atoms with Crippen molar-refractivity contribution in [3.8, 4) is 5.75 Å². The molecule has 6 nitrogen and oxygen atoms in total. The Balaban J connectivity index is 1.64. The first-order valence-electron chi connectivity index (χ1n) is 9.19. The molecule has 1 N–H and O–H groups in total. The van der Waals surface area contributed by atoms with E-state index < -0.39 is 0 Å². The minimum absolute atomic E-state index is 0.0930. The van der Waals surface area contributed by atoms with E-state index in [1.165, 1.54) is 0 Å². The number of carbonyl (C=O) groups is 1. The van der Waals surface area contributed by atoms with Gasteiger partial charge in [0, 0.05) is 25.8 Å². The summed E-state index contributed by atoms with van der Waals surface area (Å²) >= 11 is 0. The highest BCUT2D eigenvalue weighted by atomic mass is 16.5. The molecule has 1 aliphatic heterocycles. The number of benzene rings is 1. The third kappa shape index (κ3) is 4.25. The van der Waals surface area contributed by atoms with E-state index in [9.17, 15) is 4.79 Å². The van der Waals surface area contributed by atoms with Crippen molar-refractivity contribution in [2.75, 3.05) is 20.2 Å². The first-order valence-corrected chi connectivity index (χ1v) is 9.19. The number of methoxy groups -OCH3 is 1. The van der Waals surface area contributed by atoms with Crippen LogP contribution in [0.2, 0.25) is 0 Å². The third-order valence-electron chi connectivity index (χ3n) is 4.70. The smallest absolute Gasteiger partial charge is 0.271 e. The summed E-state index contributed by atoms with van der Waals surface area (Å²) in [5.41, 5.74) is 1.53. The summed E-state index contributed by atoms with van der Waals surface area (Å²) in [6.45, 7) is 10.2. The standard InChI is InChI=1S/C20H28N4O2/c1-14(2)11-23-9-10-24-12-18(22-19(24)13-23)20(25)21-15(3)16-5-7-17(26-4)8-6-16/h5-8,12,14-15H,9-11,13H2,1-4H3,(H,21,25)/t15-/m0/s1. The van der Waals surface area contributed by atoms with Crippen LogP contribution >= 0.6 is 0 Å². The number of imidazole rings is 1. The van der Waals surface area contributed by atoms with Crippen LogP contribution in [0.25, 0.3) is 0 Å². The lowest BCUT2D eigenvalue weighted by Gasteiger charge is -2.28. The highest BCUT2D eigenvalue weighted by molar-refractivity contribution is 5.92. The summed E-state index contributed by atoms with van der Waals surface area (Å²) in [4.78, 5) is 19.6. The molecule has 0 fully saturated rings. The van der Waals surface area contributed by atoms with Crippen molar-refractivity contribution in [3.05, 3.63) is 47.5 Å². The molecule has 140 valence electrons. The van der Waals surface area contributed by atoms with Gasteiger partial charge in [0.25, 0.3) is 5.91 Å². The number of carbonyl (C=O) groups excluding carboxylic acids is 1. The Bertz CT molecular complexity index is 752. The first-order chi connectivity index (χ1) is 12.5. The number of fused-ring (bicyclic) bond motifs is 1. The zero-order valence-corrected chi connectivity index (χ0v) is 16.0. The predicted molar refractivity (Wildman–Crippen MR) is 101 cm³/mol. The van der Waals surface area contributed by atoms with Gasteiger partial charge in [-0.15, -0.1) is 0 Å². The number of hydrogen-bond donors (Lipinski definition) is 1. The van der Waals surface area contributed by atoms with Crippen molar-refractivity contribution in [1.29, 1.82) is 0 Å². The molecule has 26 heavy (non-hydrogen) atoms. The van der Waals surface area contributed by atoms with Crippen LogP contribution in [-0.2, 0) is 13.1 Å². The molecule has 0 saturated heterocycles. The fraction of sp³-hybridized carbons (Fsp3) is 0.500. The van der Waals surface area contributed by atoms with E-state index in [0.717, 1.165) is 43.3 Å². The minimum Gasteiger partial charge on any atom is -0.497 e. The third-order valence-corrected chi connectivity index (χ3v) is 4.70. The minimum atomic E-state index is -0.134. The maximum Gasteiger partial charge on any atom is 0.271 e. The molecule has 3 rings (SSSR count). The number of hydrogen-bond acceptors (Lipinski definition) is 4. The lowest BCUT2D eigenvalue weighted by atomic mass is 10.1. The summed E-state index contributed by atoms with van der Waals surface area (Å²) in [6.07, 6.45) is 1.87. The molecule has 6 heteroatoms. The van der Waals surface area contributed by atoms with Crippen LogP contribution in [-0.4, -0.2) is 40.6 Å². The second-order valence-electron chi connectivity index (χ2n) is 7.33. The van der Waals surface area contributed by atoms with E-state index in [1.54, 1.807) is 7.11 Å². The van der Waals surface area contributed by atoms with Crippen LogP contribution in [0.15, 0.2) is 30.5 Å². The molecular weight excluding hydrogens is 328 g/mol. The summed E-state index contributed by atoms with van der Waals surface area (Å²) in [5.74, 6) is 2.27. The molecule has 0 spiro atoms. The molecule has 1 atom stereocenters. The quantitative estimate of drug-likeness (QED) is 0.865. The van der Waals surface area contributed by atoms with E-state index in [0.29, 0.717) is 11.6 Å². The summed E-state index contributed by atoms with van der Waals surface area (Å²) in [7, 11) is 1.64. The molecule has 1 aromatic heterocycles. The van der Waals surface area contributed by atoms with E-state index in [-0.39, 0.29) is 11.9 Å². The summed E-state index contributed by atoms with van der Waals surface area (Å²) in [6, 6.07) is 7.63. The van der Waals surface area contributed by atoms with Gasteiger partial charge in [0.05, 0.1) is 19.7 Å². The normalized spacial score (nSPS) is 15.6. The van der Waals surface area contributed by atoms with Crippen LogP contribution in [0.5, 0.6) is 5.75 Å². The van der Waals surface area contributed by atoms with Crippen molar-refractivity contribution >= 4 is 5.91 Å². The van der Waals surface area contributed by atoms with Crippen LogP contribution in [0.1, 0.15) is 48.7 Å². The Morgan fingerprint density at radius 1 is 1.23 bits per heavy atom. The van der Waals surface area contributed by atoms with Gasteiger partial charge < -0.3 is 14.6 Å². The zero-order valence-electron chi connectivity index (χ0n) is 16.0. The van der Waals surface area contributed by atoms with Gasteiger partial charge in [-0.05, 0) is 30.5 Å². The maximum atomic E-state index is 12.6. The maximum absolute atomic E-state index is 12.6. The van der Waals surface area contributed by atoms with Gasteiger partial charge in [-0.3, -0.25) is 9.69 Å². The van der Waals surface area contributed by atoms with Crippen molar-refractivity contribution in [2.45, 2.75) is 39.9 Å². The molecular formula is C20H28N4O2. The van der Waals surface area contributed by atoms with Crippen molar-refractivity contribution in [2.24, 2.45) is 5.92 Å². The van der Waals surface area contributed by atoms with Gasteiger partial charge >= 0.3 is 0 Å². The van der Waals surface area contributed by atoms with Crippen LogP contribution in [0.3, 0.4) is 0 Å². The molecule has 1 aromatic carbocycles. The largest absolute Gasteiger partial charge is 0.497 e. The van der Waals surface area contributed by atoms with Crippen LogP contribution < -0.4 is 10.1 Å². The van der Waals surface area contributed by atoms with E-state index in [1.807, 2.05) is 37.4 Å². The molecule has 1 amide bonds. The van der Waals surface area contributed by atoms with Gasteiger partial charge in [0.1, 0.15) is 17.3 Å². The van der Waals surface area contributed by atoms with Crippen LogP contribution in [0, 0.1) is 5.92 Å². The van der Waals surface area contributed by atoms with E-state index in [2.05, 4.69) is 33.6 Å². The Morgan fingerprint density at radius 2 is 1.96 bits per heavy atom. The number of nitrogens with zero attached hydrogens (tertiary/aromatic N) is 3. The van der Waals surface area contributed by atoms with Gasteiger partial charge in [-0.1, -0.05) is 26.0 Å². The van der Waals surface area contributed by atoms with Gasteiger partial charge in [-0.25, -0.2) is 4.98 Å². The average molecular weight is 356 g/mol. The number of amides is 1. The zero-order chi connectivity index (χ0) is 18.7. The van der Waals surface area contributed by atoms with E-state index in [4.69, 9.17) is 4.74 Å². The van der Waals surface area contributed by atoms with Gasteiger partial charge in [0.2, 0.25) is 0 Å². The predicted octanol–water partition coefficient (Wildman–Crippen LogP) is 2.85. The molecule has 0 unspecified atom stereocenters. The fourth-order valence-corrected chi connectivity index (χ4v) is 3.33. The average Bonchev–Trinajstić information content (AvgIpc) is 3.04. The monoisotopic (exact) mass is 356 g/mol. The number of aromatic nitrogens is 2. The topological polar surface area (TPSA) is 59.4 Å². The molecule has 0 saturated carbocycles. The molecule has 2 heterocycles. The van der Waals surface area contributed by atoms with Crippen molar-refractivity contribution in [3.63, 3.8) is 0 Å². The Labute approximate surface area is 155 Å². The second-order valence-corrected chi connectivity index (χ2v) is 7.33. The molecule has 2 aromatic rings. The van der Waals surface area contributed by atoms with Crippen molar-refractivity contribution < 1.29 is 9.53 Å². The SMILES string of the molecule is COc1ccc([C@H](C)NC(=O)c2cn3c(n2)CN(CC(C)C)CC3)cc1. The fourth-order valence-electron chi connectivity index (χ4n) is 3.33. The molecule has 1 aliphatic rings. The Morgan fingerprint density at radius 3 is 2.62 bits per heavy atom. The van der Waals surface area contributed by atoms with E-state index >= 15 is 0 Å². The highest BCUT2D eigenvalue weighted by Gasteiger charge is 2.22. The number of rotatable bonds is 6. The van der Waals surface area contributed by atoms with Crippen LogP contribution in [0.4, 0.5) is 0 Å². The lowest BCUT2D eigenvalue weighted by molar-refractivity contribution is 0.0935. The summed E-state index contributed by atoms with van der Waals surface area (Å²) < 4.78 is 7.28. The Hall–Kier alpha value is -2.34. The molecule has 0 bridgehead atoms. The lowest BCUT2D eigenvalue weighted by Crippen LogP contribution is -2.35. The summed E-state index contributed by atoms with van der Waals surface area (Å²) in [5, 5.41) is 3.03. The van der Waals surface area contributed by atoms with Gasteiger partial charge in [0.15, 0.2) is 0 Å². The van der Waals surface area contributed by atoms with Crippen molar-refractivity contribution in [1.82, 2.24) is 19.8 Å². The number of ether oxygens (including phenoxy) is 1. The molecule has 0 radical (unpaired) electrons. The highest BCUT2D eigenvalue weighted by Crippen LogP contribution is 2.18. The second kappa shape index (κ2) is 7.91.